The van der Waals surface area contributed by atoms with Crippen molar-refractivity contribution < 1.29 is 0 Å². The van der Waals surface area contributed by atoms with E-state index >= 15 is 0 Å². The number of hydrogen-bond donors (Lipinski definition) is 1. The Morgan fingerprint density at radius 2 is 1.90 bits per heavy atom. The number of nitrogens with one attached hydrogen (secondary N) is 1. The van der Waals surface area contributed by atoms with E-state index in [-0.39, 0.29) is 5.41 Å². The van der Waals surface area contributed by atoms with E-state index in [1.807, 2.05) is 11.3 Å². The lowest BCUT2D eigenvalue weighted by Gasteiger charge is -2.24. The summed E-state index contributed by atoms with van der Waals surface area (Å²) in [6.45, 7) is 15.5. The Morgan fingerprint density at radius 1 is 1.24 bits per heavy atom. The largest absolute Gasteiger partial charge is 0.348 e. The second-order valence-electron chi connectivity index (χ2n) is 6.94. The predicted octanol–water partition coefficient (Wildman–Crippen LogP) is 4.57. The van der Waals surface area contributed by atoms with Crippen molar-refractivity contribution in [1.29, 1.82) is 0 Å². The standard InChI is InChI=1S/C17H33N3S/c1-8-10-13(3)20(7)16-19-15(17(4,5)6)14(21-16)12-18-11-9-2/h13,18H,8-12H2,1-7H3. The highest BCUT2D eigenvalue weighted by molar-refractivity contribution is 7.15. The first-order chi connectivity index (χ1) is 9.81. The van der Waals surface area contributed by atoms with Crippen molar-refractivity contribution in [3.8, 4) is 0 Å². The molecule has 0 amide bonds. The topological polar surface area (TPSA) is 28.2 Å². The molecule has 1 rings (SSSR count). The van der Waals surface area contributed by atoms with Crippen LogP contribution in [0.25, 0.3) is 0 Å². The van der Waals surface area contributed by atoms with Crippen LogP contribution in [0.3, 0.4) is 0 Å². The molecule has 0 aliphatic carbocycles. The lowest BCUT2D eigenvalue weighted by atomic mass is 9.91. The zero-order valence-electron chi connectivity index (χ0n) is 14.9. The molecule has 4 heteroatoms. The molecule has 1 aromatic rings. The summed E-state index contributed by atoms with van der Waals surface area (Å²) in [6, 6.07) is 0.547. The molecule has 3 nitrogen and oxygen atoms in total. The summed E-state index contributed by atoms with van der Waals surface area (Å²) in [6.07, 6.45) is 3.60. The fourth-order valence-corrected chi connectivity index (χ4v) is 3.68. The zero-order valence-corrected chi connectivity index (χ0v) is 15.7. The first kappa shape index (κ1) is 18.4. The Balaban J connectivity index is 2.96. The van der Waals surface area contributed by atoms with E-state index in [9.17, 15) is 0 Å². The number of thiazole rings is 1. The van der Waals surface area contributed by atoms with Gasteiger partial charge in [0.15, 0.2) is 5.13 Å². The maximum atomic E-state index is 4.97. The van der Waals surface area contributed by atoms with Crippen molar-refractivity contribution in [3.63, 3.8) is 0 Å². The Kier molecular flexibility index (Phi) is 7.14. The fraction of sp³-hybridized carbons (Fsp3) is 0.824. The van der Waals surface area contributed by atoms with E-state index in [0.29, 0.717) is 6.04 Å². The van der Waals surface area contributed by atoms with Gasteiger partial charge in [0.2, 0.25) is 0 Å². The van der Waals surface area contributed by atoms with Gasteiger partial charge in [-0.3, -0.25) is 0 Å². The van der Waals surface area contributed by atoms with E-state index in [0.717, 1.165) is 18.2 Å². The summed E-state index contributed by atoms with van der Waals surface area (Å²) >= 11 is 1.85. The third kappa shape index (κ3) is 5.26. The molecule has 0 saturated carbocycles. The summed E-state index contributed by atoms with van der Waals surface area (Å²) in [5.41, 5.74) is 1.36. The van der Waals surface area contributed by atoms with Crippen LogP contribution in [0.5, 0.6) is 0 Å². The van der Waals surface area contributed by atoms with E-state index < -0.39 is 0 Å². The molecule has 1 unspecified atom stereocenters. The molecule has 0 fully saturated rings. The lowest BCUT2D eigenvalue weighted by molar-refractivity contribution is 0.556. The second kappa shape index (κ2) is 8.14. The maximum absolute atomic E-state index is 4.97. The summed E-state index contributed by atoms with van der Waals surface area (Å²) in [7, 11) is 2.18. The van der Waals surface area contributed by atoms with Gasteiger partial charge in [-0.05, 0) is 26.3 Å². The molecule has 21 heavy (non-hydrogen) atoms. The maximum Gasteiger partial charge on any atom is 0.185 e. The number of aromatic nitrogens is 1. The van der Waals surface area contributed by atoms with Crippen LogP contribution < -0.4 is 10.2 Å². The van der Waals surface area contributed by atoms with Gasteiger partial charge in [-0.2, -0.15) is 0 Å². The summed E-state index contributed by atoms with van der Waals surface area (Å²) < 4.78 is 0. The summed E-state index contributed by atoms with van der Waals surface area (Å²) in [5.74, 6) is 0. The molecule has 1 heterocycles. The van der Waals surface area contributed by atoms with Gasteiger partial charge in [0, 0.05) is 29.9 Å². The molecule has 0 aliphatic rings. The minimum Gasteiger partial charge on any atom is -0.348 e. The number of hydrogen-bond acceptors (Lipinski definition) is 4. The molecular formula is C17H33N3S. The minimum atomic E-state index is 0.104. The Hall–Kier alpha value is -0.610. The van der Waals surface area contributed by atoms with Gasteiger partial charge >= 0.3 is 0 Å². The molecular weight excluding hydrogens is 278 g/mol. The van der Waals surface area contributed by atoms with E-state index in [1.165, 1.54) is 29.8 Å². The van der Waals surface area contributed by atoms with Gasteiger partial charge < -0.3 is 10.2 Å². The van der Waals surface area contributed by atoms with Crippen molar-refractivity contribution in [2.45, 2.75) is 78.8 Å². The van der Waals surface area contributed by atoms with Gasteiger partial charge in [0.1, 0.15) is 0 Å². The van der Waals surface area contributed by atoms with Gasteiger partial charge in [0.05, 0.1) is 5.69 Å². The third-order valence-corrected chi connectivity index (χ3v) is 4.92. The van der Waals surface area contributed by atoms with E-state index in [2.05, 4.69) is 58.8 Å². The molecule has 0 bridgehead atoms. The highest BCUT2D eigenvalue weighted by Gasteiger charge is 2.25. The number of anilines is 1. The van der Waals surface area contributed by atoms with Gasteiger partial charge in [0.25, 0.3) is 0 Å². The zero-order chi connectivity index (χ0) is 16.0. The monoisotopic (exact) mass is 311 g/mol. The van der Waals surface area contributed by atoms with Crippen LogP contribution in [-0.2, 0) is 12.0 Å². The number of rotatable bonds is 8. The molecule has 122 valence electrons. The average Bonchev–Trinajstić information content (AvgIpc) is 2.82. The highest BCUT2D eigenvalue weighted by atomic mass is 32.1. The summed E-state index contributed by atoms with van der Waals surface area (Å²) in [5, 5.41) is 4.68. The summed E-state index contributed by atoms with van der Waals surface area (Å²) in [4.78, 5) is 8.70. The Labute approximate surface area is 135 Å². The van der Waals surface area contributed by atoms with Crippen LogP contribution in [0.2, 0.25) is 0 Å². The normalized spacial score (nSPS) is 13.5. The first-order valence-electron chi connectivity index (χ1n) is 8.24. The van der Waals surface area contributed by atoms with Crippen molar-refractivity contribution in [2.24, 2.45) is 0 Å². The van der Waals surface area contributed by atoms with Gasteiger partial charge in [-0.25, -0.2) is 4.98 Å². The molecule has 0 aromatic carbocycles. The molecule has 0 saturated heterocycles. The van der Waals surface area contributed by atoms with Crippen molar-refractivity contribution >= 4 is 16.5 Å². The fourth-order valence-electron chi connectivity index (χ4n) is 2.37. The number of nitrogens with zero attached hydrogens (tertiary/aromatic N) is 2. The SMILES string of the molecule is CCCNCc1sc(N(C)C(C)CCC)nc1C(C)(C)C. The minimum absolute atomic E-state index is 0.104. The second-order valence-corrected chi connectivity index (χ2v) is 8.01. The van der Waals surface area contributed by atoms with Crippen LogP contribution in [0.4, 0.5) is 5.13 Å². The van der Waals surface area contributed by atoms with Crippen molar-refractivity contribution in [3.05, 3.63) is 10.6 Å². The van der Waals surface area contributed by atoms with Crippen molar-refractivity contribution in [2.75, 3.05) is 18.5 Å². The smallest absolute Gasteiger partial charge is 0.185 e. The molecule has 0 spiro atoms. The molecule has 1 atom stereocenters. The third-order valence-electron chi connectivity index (χ3n) is 3.78. The van der Waals surface area contributed by atoms with Crippen molar-refractivity contribution in [1.82, 2.24) is 10.3 Å². The van der Waals surface area contributed by atoms with Crippen LogP contribution in [0.15, 0.2) is 0 Å². The van der Waals surface area contributed by atoms with Crippen LogP contribution in [0, 0.1) is 0 Å². The highest BCUT2D eigenvalue weighted by Crippen LogP contribution is 2.34. The lowest BCUT2D eigenvalue weighted by Crippen LogP contribution is -2.28. The Morgan fingerprint density at radius 3 is 2.43 bits per heavy atom. The average molecular weight is 312 g/mol. The van der Waals surface area contributed by atoms with Gasteiger partial charge in [-0.1, -0.05) is 41.0 Å². The molecule has 1 N–H and O–H groups in total. The molecule has 0 radical (unpaired) electrons. The van der Waals surface area contributed by atoms with E-state index in [4.69, 9.17) is 4.98 Å². The first-order valence-corrected chi connectivity index (χ1v) is 9.06. The predicted molar refractivity (Wildman–Crippen MR) is 95.6 cm³/mol. The molecule has 0 aliphatic heterocycles. The van der Waals surface area contributed by atoms with E-state index in [1.54, 1.807) is 0 Å². The van der Waals surface area contributed by atoms with Gasteiger partial charge in [-0.15, -0.1) is 11.3 Å². The van der Waals surface area contributed by atoms with Crippen LogP contribution in [-0.4, -0.2) is 24.6 Å². The van der Waals surface area contributed by atoms with Crippen LogP contribution in [0.1, 0.15) is 71.4 Å². The quantitative estimate of drug-likeness (QED) is 0.713. The Bertz CT molecular complexity index is 420. The molecule has 1 aromatic heterocycles. The van der Waals surface area contributed by atoms with Crippen LogP contribution >= 0.6 is 11.3 Å².